The summed E-state index contributed by atoms with van der Waals surface area (Å²) in [6.07, 6.45) is 2.85. The fourth-order valence-corrected chi connectivity index (χ4v) is 3.03. The first-order valence-electron chi connectivity index (χ1n) is 7.11. The second kappa shape index (κ2) is 5.68. The van der Waals surface area contributed by atoms with Crippen molar-refractivity contribution in [1.82, 2.24) is 10.2 Å². The molecule has 0 amide bonds. The molecule has 1 saturated carbocycles. The van der Waals surface area contributed by atoms with Crippen LogP contribution in [0.15, 0.2) is 0 Å². The van der Waals surface area contributed by atoms with E-state index in [1.165, 1.54) is 25.9 Å². The van der Waals surface area contributed by atoms with Crippen molar-refractivity contribution in [3.05, 3.63) is 0 Å². The molecule has 1 aliphatic carbocycles. The Labute approximate surface area is 106 Å². The van der Waals surface area contributed by atoms with Crippen molar-refractivity contribution in [1.29, 1.82) is 0 Å². The molecule has 3 nitrogen and oxygen atoms in total. The molecule has 0 radical (unpaired) electrons. The fourth-order valence-electron chi connectivity index (χ4n) is 3.03. The van der Waals surface area contributed by atoms with Crippen LogP contribution in [-0.2, 0) is 4.74 Å². The molecule has 1 saturated heterocycles. The molecule has 100 valence electrons. The summed E-state index contributed by atoms with van der Waals surface area (Å²) in [4.78, 5) is 2.70. The van der Waals surface area contributed by atoms with Gasteiger partial charge in [-0.25, -0.2) is 0 Å². The van der Waals surface area contributed by atoms with Gasteiger partial charge in [0.05, 0.1) is 6.61 Å². The van der Waals surface area contributed by atoms with Gasteiger partial charge in [0.1, 0.15) is 0 Å². The van der Waals surface area contributed by atoms with Crippen LogP contribution in [0.3, 0.4) is 0 Å². The van der Waals surface area contributed by atoms with Crippen molar-refractivity contribution in [2.24, 2.45) is 11.8 Å². The van der Waals surface area contributed by atoms with Crippen LogP contribution in [0.2, 0.25) is 0 Å². The molecular formula is C14H28N2O. The number of nitrogens with one attached hydrogen (secondary N) is 1. The standard InChI is InChI=1S/C14H28N2O/c1-10(2)13-8-16(11(3)9-17-4)14(7-15-13)12-5-6-12/h10-15H,5-9H2,1-4H3. The van der Waals surface area contributed by atoms with Crippen molar-refractivity contribution in [3.63, 3.8) is 0 Å². The molecule has 0 aromatic carbocycles. The van der Waals surface area contributed by atoms with Crippen LogP contribution in [0.5, 0.6) is 0 Å². The number of methoxy groups -OCH3 is 1. The highest BCUT2D eigenvalue weighted by Crippen LogP contribution is 2.37. The predicted octanol–water partition coefficient (Wildman–Crippen LogP) is 1.73. The maximum atomic E-state index is 5.34. The predicted molar refractivity (Wildman–Crippen MR) is 71.2 cm³/mol. The second-order valence-electron chi connectivity index (χ2n) is 6.16. The maximum Gasteiger partial charge on any atom is 0.0615 e. The first-order valence-corrected chi connectivity index (χ1v) is 7.11. The van der Waals surface area contributed by atoms with Gasteiger partial charge >= 0.3 is 0 Å². The molecule has 1 N–H and O–H groups in total. The van der Waals surface area contributed by atoms with E-state index >= 15 is 0 Å². The molecular weight excluding hydrogens is 212 g/mol. The summed E-state index contributed by atoms with van der Waals surface area (Å²) in [5, 5.41) is 3.73. The molecule has 2 fully saturated rings. The summed E-state index contributed by atoms with van der Waals surface area (Å²) in [6, 6.07) is 1.94. The van der Waals surface area contributed by atoms with Crippen molar-refractivity contribution >= 4 is 0 Å². The number of rotatable bonds is 5. The van der Waals surface area contributed by atoms with E-state index in [-0.39, 0.29) is 0 Å². The Morgan fingerprint density at radius 2 is 2.00 bits per heavy atom. The summed E-state index contributed by atoms with van der Waals surface area (Å²) < 4.78 is 5.34. The van der Waals surface area contributed by atoms with Crippen LogP contribution in [0.1, 0.15) is 33.6 Å². The van der Waals surface area contributed by atoms with Crippen LogP contribution in [0.25, 0.3) is 0 Å². The number of piperazine rings is 1. The van der Waals surface area contributed by atoms with Crippen LogP contribution in [0.4, 0.5) is 0 Å². The highest BCUT2D eigenvalue weighted by Gasteiger charge is 2.40. The summed E-state index contributed by atoms with van der Waals surface area (Å²) in [5.74, 6) is 1.65. The summed E-state index contributed by atoms with van der Waals surface area (Å²) in [7, 11) is 1.81. The average Bonchev–Trinajstić information content (AvgIpc) is 3.12. The highest BCUT2D eigenvalue weighted by atomic mass is 16.5. The maximum absolute atomic E-state index is 5.34. The largest absolute Gasteiger partial charge is 0.383 e. The van der Waals surface area contributed by atoms with E-state index in [0.29, 0.717) is 18.0 Å². The third kappa shape index (κ3) is 3.21. The fraction of sp³-hybridized carbons (Fsp3) is 1.00. The smallest absolute Gasteiger partial charge is 0.0615 e. The van der Waals surface area contributed by atoms with Gasteiger partial charge < -0.3 is 10.1 Å². The first-order chi connectivity index (χ1) is 8.13. The van der Waals surface area contributed by atoms with Crippen LogP contribution in [0, 0.1) is 11.8 Å². The van der Waals surface area contributed by atoms with Gasteiger partial charge in [-0.05, 0) is 31.6 Å². The summed E-state index contributed by atoms with van der Waals surface area (Å²) >= 11 is 0. The zero-order chi connectivity index (χ0) is 12.4. The second-order valence-corrected chi connectivity index (χ2v) is 6.16. The summed E-state index contributed by atoms with van der Waals surface area (Å²) in [6.45, 7) is 10.1. The van der Waals surface area contributed by atoms with Crippen molar-refractivity contribution in [2.75, 3.05) is 26.8 Å². The van der Waals surface area contributed by atoms with E-state index in [9.17, 15) is 0 Å². The van der Waals surface area contributed by atoms with Gasteiger partial charge in [-0.1, -0.05) is 13.8 Å². The molecule has 3 heteroatoms. The Balaban J connectivity index is 1.98. The minimum absolute atomic E-state index is 0.550. The molecule has 0 spiro atoms. The van der Waals surface area contributed by atoms with Crippen LogP contribution < -0.4 is 5.32 Å². The SMILES string of the molecule is COCC(C)N1CC(C(C)C)NCC1C1CC1. The topological polar surface area (TPSA) is 24.5 Å². The van der Waals surface area contributed by atoms with Gasteiger partial charge in [0.15, 0.2) is 0 Å². The Morgan fingerprint density at radius 1 is 1.29 bits per heavy atom. The van der Waals surface area contributed by atoms with E-state index in [0.717, 1.165) is 18.6 Å². The van der Waals surface area contributed by atoms with Gasteiger partial charge in [-0.2, -0.15) is 0 Å². The van der Waals surface area contributed by atoms with E-state index in [4.69, 9.17) is 4.74 Å². The van der Waals surface area contributed by atoms with E-state index in [2.05, 4.69) is 31.0 Å². The minimum Gasteiger partial charge on any atom is -0.383 e. The zero-order valence-electron chi connectivity index (χ0n) is 11.8. The monoisotopic (exact) mass is 240 g/mol. The third-order valence-electron chi connectivity index (χ3n) is 4.37. The zero-order valence-corrected chi connectivity index (χ0v) is 11.8. The van der Waals surface area contributed by atoms with Crippen molar-refractivity contribution in [2.45, 2.75) is 51.7 Å². The number of nitrogens with zero attached hydrogens (tertiary/aromatic N) is 1. The lowest BCUT2D eigenvalue weighted by Gasteiger charge is -2.45. The summed E-state index contributed by atoms with van der Waals surface area (Å²) in [5.41, 5.74) is 0. The third-order valence-corrected chi connectivity index (χ3v) is 4.37. The van der Waals surface area contributed by atoms with E-state index in [1.807, 2.05) is 7.11 Å². The Bertz CT molecular complexity index is 240. The first kappa shape index (κ1) is 13.3. The lowest BCUT2D eigenvalue weighted by Crippen LogP contribution is -2.61. The Kier molecular flexibility index (Phi) is 4.45. The highest BCUT2D eigenvalue weighted by molar-refractivity contribution is 4.97. The molecule has 1 aliphatic heterocycles. The minimum atomic E-state index is 0.550. The van der Waals surface area contributed by atoms with E-state index in [1.54, 1.807) is 0 Å². The van der Waals surface area contributed by atoms with Gasteiger partial charge in [0.2, 0.25) is 0 Å². The lowest BCUT2D eigenvalue weighted by atomic mass is 9.96. The van der Waals surface area contributed by atoms with Gasteiger partial charge in [0.25, 0.3) is 0 Å². The molecule has 0 aromatic heterocycles. The molecule has 0 aromatic rings. The molecule has 2 aliphatic rings. The molecule has 3 unspecified atom stereocenters. The lowest BCUT2D eigenvalue weighted by molar-refractivity contribution is 0.0262. The molecule has 17 heavy (non-hydrogen) atoms. The van der Waals surface area contributed by atoms with Crippen molar-refractivity contribution in [3.8, 4) is 0 Å². The Morgan fingerprint density at radius 3 is 2.53 bits per heavy atom. The average molecular weight is 240 g/mol. The molecule has 2 rings (SSSR count). The number of hydrogen-bond acceptors (Lipinski definition) is 3. The van der Waals surface area contributed by atoms with Gasteiger partial charge in [0, 0.05) is 38.3 Å². The number of hydrogen-bond donors (Lipinski definition) is 1. The molecule has 0 bridgehead atoms. The molecule has 3 atom stereocenters. The van der Waals surface area contributed by atoms with Crippen molar-refractivity contribution < 1.29 is 4.74 Å². The number of ether oxygens (including phenoxy) is 1. The van der Waals surface area contributed by atoms with Crippen LogP contribution in [-0.4, -0.2) is 49.8 Å². The Hall–Kier alpha value is -0.120. The van der Waals surface area contributed by atoms with E-state index < -0.39 is 0 Å². The molecule has 1 heterocycles. The van der Waals surface area contributed by atoms with Gasteiger partial charge in [-0.3, -0.25) is 4.90 Å². The quantitative estimate of drug-likeness (QED) is 0.792. The van der Waals surface area contributed by atoms with Crippen LogP contribution >= 0.6 is 0 Å². The normalized spacial score (nSPS) is 33.0. The van der Waals surface area contributed by atoms with Gasteiger partial charge in [-0.15, -0.1) is 0 Å².